The average molecular weight is 346 g/mol. The lowest BCUT2D eigenvalue weighted by Crippen LogP contribution is -2.03. The van der Waals surface area contributed by atoms with Crippen molar-refractivity contribution in [1.82, 2.24) is 19.4 Å². The van der Waals surface area contributed by atoms with Gasteiger partial charge in [-0.3, -0.25) is 0 Å². The summed E-state index contributed by atoms with van der Waals surface area (Å²) in [5, 5.41) is 2.38. The molecule has 4 aromatic rings. The van der Waals surface area contributed by atoms with Crippen molar-refractivity contribution in [3.05, 3.63) is 72.5 Å². The van der Waals surface area contributed by atoms with E-state index in [-0.39, 0.29) is 0 Å². The first-order chi connectivity index (χ1) is 12.3. The minimum atomic E-state index is 0.736. The number of hydrogen-bond donors (Lipinski definition) is 0. The standard InChI is InChI=1S/C20H19N4P/c1-3-17-18(25-2)10-12-24-13-16(23-20(17)24)9-8-15-7-6-14-5-4-11-21-19(14)22-15/h3-7,10-13,25H,1,8-9H2,2H3. The molecule has 25 heavy (non-hydrogen) atoms. The molecule has 5 heteroatoms. The lowest BCUT2D eigenvalue weighted by atomic mass is 10.1. The molecule has 0 aliphatic rings. The van der Waals surface area contributed by atoms with Crippen LogP contribution in [0.3, 0.4) is 0 Å². The molecule has 0 saturated carbocycles. The molecular formula is C20H19N4P. The third kappa shape index (κ3) is 3.06. The lowest BCUT2D eigenvalue weighted by Gasteiger charge is -2.04. The van der Waals surface area contributed by atoms with Crippen LogP contribution in [0.25, 0.3) is 22.8 Å². The van der Waals surface area contributed by atoms with E-state index in [4.69, 9.17) is 4.98 Å². The summed E-state index contributed by atoms with van der Waals surface area (Å²) in [5.74, 6) is 0. The third-order valence-electron chi connectivity index (χ3n) is 4.35. The Balaban J connectivity index is 1.60. The van der Waals surface area contributed by atoms with Crippen molar-refractivity contribution in [2.45, 2.75) is 12.8 Å². The van der Waals surface area contributed by atoms with Gasteiger partial charge in [-0.2, -0.15) is 0 Å². The normalized spacial score (nSPS) is 11.7. The molecule has 4 heterocycles. The minimum Gasteiger partial charge on any atom is -0.306 e. The average Bonchev–Trinajstić information content (AvgIpc) is 3.08. The topological polar surface area (TPSA) is 43.1 Å². The number of hydrogen-bond acceptors (Lipinski definition) is 3. The zero-order valence-electron chi connectivity index (χ0n) is 14.1. The first kappa shape index (κ1) is 15.9. The molecule has 0 aromatic carbocycles. The highest BCUT2D eigenvalue weighted by molar-refractivity contribution is 7.46. The monoisotopic (exact) mass is 346 g/mol. The molecule has 4 aromatic heterocycles. The molecule has 124 valence electrons. The van der Waals surface area contributed by atoms with Gasteiger partial charge in [-0.1, -0.05) is 21.2 Å². The van der Waals surface area contributed by atoms with E-state index in [1.807, 2.05) is 18.2 Å². The quantitative estimate of drug-likeness (QED) is 0.518. The fourth-order valence-corrected chi connectivity index (χ4v) is 3.77. The van der Waals surface area contributed by atoms with E-state index >= 15 is 0 Å². The Morgan fingerprint density at radius 1 is 1.12 bits per heavy atom. The Kier molecular flexibility index (Phi) is 4.29. The van der Waals surface area contributed by atoms with Crippen molar-refractivity contribution in [1.29, 1.82) is 0 Å². The number of aryl methyl sites for hydroxylation is 2. The van der Waals surface area contributed by atoms with Crippen LogP contribution < -0.4 is 5.30 Å². The van der Waals surface area contributed by atoms with E-state index in [0.29, 0.717) is 0 Å². The second-order valence-corrected chi connectivity index (χ2v) is 6.95. The number of pyridine rings is 3. The predicted molar refractivity (Wildman–Crippen MR) is 106 cm³/mol. The van der Waals surface area contributed by atoms with Gasteiger partial charge in [0.15, 0.2) is 5.65 Å². The largest absolute Gasteiger partial charge is 0.306 e. The Morgan fingerprint density at radius 2 is 2.00 bits per heavy atom. The van der Waals surface area contributed by atoms with Crippen molar-refractivity contribution < 1.29 is 0 Å². The van der Waals surface area contributed by atoms with E-state index < -0.39 is 0 Å². The fourth-order valence-electron chi connectivity index (χ4n) is 3.05. The number of fused-ring (bicyclic) bond motifs is 2. The summed E-state index contributed by atoms with van der Waals surface area (Å²) in [4.78, 5) is 13.8. The number of rotatable bonds is 5. The minimum absolute atomic E-state index is 0.736. The highest BCUT2D eigenvalue weighted by Gasteiger charge is 2.09. The molecule has 0 bridgehead atoms. The SMILES string of the molecule is C=Cc1c(PC)ccn2cc(CCc3ccc4cccnc4n3)nc12. The van der Waals surface area contributed by atoms with Gasteiger partial charge in [-0.05, 0) is 55.1 Å². The van der Waals surface area contributed by atoms with Gasteiger partial charge < -0.3 is 4.40 Å². The van der Waals surface area contributed by atoms with E-state index in [1.165, 1.54) is 5.30 Å². The van der Waals surface area contributed by atoms with Crippen molar-refractivity contribution in [3.63, 3.8) is 0 Å². The molecule has 0 N–H and O–H groups in total. The highest BCUT2D eigenvalue weighted by atomic mass is 31.1. The zero-order valence-corrected chi connectivity index (χ0v) is 15.1. The smallest absolute Gasteiger partial charge is 0.159 e. The number of nitrogens with zero attached hydrogens (tertiary/aromatic N) is 4. The van der Waals surface area contributed by atoms with Crippen LogP contribution in [0.2, 0.25) is 0 Å². The maximum atomic E-state index is 4.82. The first-order valence-electron chi connectivity index (χ1n) is 8.30. The number of aromatic nitrogens is 4. The number of imidazole rings is 1. The highest BCUT2D eigenvalue weighted by Crippen LogP contribution is 2.18. The van der Waals surface area contributed by atoms with Gasteiger partial charge in [0.2, 0.25) is 0 Å². The Bertz CT molecular complexity index is 1070. The maximum absolute atomic E-state index is 4.82. The van der Waals surface area contributed by atoms with Crippen molar-refractivity contribution in [3.8, 4) is 0 Å². The van der Waals surface area contributed by atoms with Crippen molar-refractivity contribution in [2.75, 3.05) is 6.66 Å². The summed E-state index contributed by atoms with van der Waals surface area (Å²) in [6.07, 6.45) is 9.58. The maximum Gasteiger partial charge on any atom is 0.159 e. The van der Waals surface area contributed by atoms with Crippen LogP contribution in [0, 0.1) is 0 Å². The fraction of sp³-hybridized carbons (Fsp3) is 0.150. The van der Waals surface area contributed by atoms with Gasteiger partial charge in [0.25, 0.3) is 0 Å². The summed E-state index contributed by atoms with van der Waals surface area (Å²) in [7, 11) is 0.736. The van der Waals surface area contributed by atoms with Crippen LogP contribution in [-0.2, 0) is 12.8 Å². The summed E-state index contributed by atoms with van der Waals surface area (Å²) in [6.45, 7) is 6.14. The van der Waals surface area contributed by atoms with Crippen LogP contribution in [0.1, 0.15) is 17.0 Å². The molecule has 0 saturated heterocycles. The molecule has 1 atom stereocenters. The van der Waals surface area contributed by atoms with Gasteiger partial charge in [-0.25, -0.2) is 15.0 Å². The van der Waals surface area contributed by atoms with Gasteiger partial charge in [0.05, 0.1) is 5.69 Å². The van der Waals surface area contributed by atoms with Gasteiger partial charge >= 0.3 is 0 Å². The van der Waals surface area contributed by atoms with E-state index in [1.54, 1.807) is 6.20 Å². The molecule has 0 amide bonds. The van der Waals surface area contributed by atoms with Gasteiger partial charge in [-0.15, -0.1) is 0 Å². The van der Waals surface area contributed by atoms with Crippen LogP contribution in [0.5, 0.6) is 0 Å². The Labute approximate surface area is 148 Å². The van der Waals surface area contributed by atoms with Crippen molar-refractivity contribution >= 4 is 36.6 Å². The van der Waals surface area contributed by atoms with E-state index in [0.717, 1.165) is 55.1 Å². The molecule has 0 fully saturated rings. The molecule has 0 spiro atoms. The molecule has 1 unspecified atom stereocenters. The van der Waals surface area contributed by atoms with E-state index in [9.17, 15) is 0 Å². The molecule has 0 aliphatic heterocycles. The molecule has 4 rings (SSSR count). The third-order valence-corrected chi connectivity index (χ3v) is 5.32. The Hall–Kier alpha value is -2.58. The Morgan fingerprint density at radius 3 is 2.84 bits per heavy atom. The molecule has 4 nitrogen and oxygen atoms in total. The molecular weight excluding hydrogens is 327 g/mol. The second-order valence-electron chi connectivity index (χ2n) is 5.91. The molecule has 0 radical (unpaired) electrons. The first-order valence-corrected chi connectivity index (χ1v) is 9.80. The zero-order chi connectivity index (χ0) is 17.2. The summed E-state index contributed by atoms with van der Waals surface area (Å²) in [6, 6.07) is 10.3. The lowest BCUT2D eigenvalue weighted by molar-refractivity contribution is 0.894. The van der Waals surface area contributed by atoms with Gasteiger partial charge in [0, 0.05) is 35.2 Å². The second kappa shape index (κ2) is 6.73. The van der Waals surface area contributed by atoms with Crippen LogP contribution in [-0.4, -0.2) is 26.0 Å². The molecule has 0 aliphatic carbocycles. The van der Waals surface area contributed by atoms with Crippen molar-refractivity contribution in [2.24, 2.45) is 0 Å². The van der Waals surface area contributed by atoms with Crippen LogP contribution >= 0.6 is 8.58 Å². The van der Waals surface area contributed by atoms with E-state index in [2.05, 4.69) is 58.2 Å². The van der Waals surface area contributed by atoms with Gasteiger partial charge in [0.1, 0.15) is 5.65 Å². The predicted octanol–water partition coefficient (Wildman–Crippen LogP) is 3.64. The van der Waals surface area contributed by atoms with Crippen LogP contribution in [0.15, 0.2) is 55.5 Å². The summed E-state index contributed by atoms with van der Waals surface area (Å²) in [5.41, 5.74) is 5.05. The summed E-state index contributed by atoms with van der Waals surface area (Å²) < 4.78 is 2.09. The van der Waals surface area contributed by atoms with Crippen LogP contribution in [0.4, 0.5) is 0 Å². The summed E-state index contributed by atoms with van der Waals surface area (Å²) >= 11 is 0.